The van der Waals surface area contributed by atoms with Gasteiger partial charge in [-0.1, -0.05) is 6.07 Å². The molecule has 2 saturated heterocycles. The molecule has 2 aliphatic rings. The zero-order chi connectivity index (χ0) is 31.9. The van der Waals surface area contributed by atoms with Gasteiger partial charge in [0, 0.05) is 62.1 Å². The fourth-order valence-electron chi connectivity index (χ4n) is 6.55. The average molecular weight is 643 g/mol. The number of nitriles is 1. The Balaban J connectivity index is 1.14. The quantitative estimate of drug-likeness (QED) is 0.212. The van der Waals surface area contributed by atoms with E-state index in [0.29, 0.717) is 41.2 Å². The van der Waals surface area contributed by atoms with Crippen LogP contribution in [0.25, 0.3) is 21.1 Å². The molecule has 0 spiro atoms. The maximum absolute atomic E-state index is 12.9. The fraction of sp³-hybridized carbons (Fsp3) is 0.516. The lowest BCUT2D eigenvalue weighted by atomic mass is 10.0. The van der Waals surface area contributed by atoms with Crippen LogP contribution >= 0.6 is 11.3 Å². The molecule has 45 heavy (non-hydrogen) atoms. The Morgan fingerprint density at radius 1 is 1.11 bits per heavy atom. The zero-order valence-corrected chi connectivity index (χ0v) is 26.0. The highest BCUT2D eigenvalue weighted by Crippen LogP contribution is 2.35. The minimum atomic E-state index is -4.27. The molecule has 1 aromatic carbocycles. The number of alkyl halides is 3. The summed E-state index contributed by atoms with van der Waals surface area (Å²) < 4.78 is 40.1. The SMILES string of the molecule is Cc1c(CN2CCC(Nc3ncnc4sc(CC(F)(F)F)cc34)CC2)ccc2c1cc(C#N)n2C(O)(O)C(C)N1CCNCC1. The van der Waals surface area contributed by atoms with Gasteiger partial charge in [0.2, 0.25) is 0 Å². The molecule has 4 N–H and O–H groups in total. The van der Waals surface area contributed by atoms with Crippen molar-refractivity contribution in [1.82, 2.24) is 29.7 Å². The number of halogens is 3. The van der Waals surface area contributed by atoms with Gasteiger partial charge in [0.05, 0.1) is 23.4 Å². The number of aryl methyl sites for hydroxylation is 1. The molecule has 1 atom stereocenters. The Morgan fingerprint density at radius 2 is 1.84 bits per heavy atom. The van der Waals surface area contributed by atoms with Crippen LogP contribution in [0.5, 0.6) is 0 Å². The molecule has 10 nitrogen and oxygen atoms in total. The lowest BCUT2D eigenvalue weighted by molar-refractivity contribution is -0.264. The number of likely N-dealkylation sites (tertiary alicyclic amines) is 1. The van der Waals surface area contributed by atoms with Crippen LogP contribution in [0.4, 0.5) is 19.0 Å². The van der Waals surface area contributed by atoms with Crippen LogP contribution in [0.2, 0.25) is 0 Å². The molecule has 0 saturated carbocycles. The van der Waals surface area contributed by atoms with Gasteiger partial charge in [0.25, 0.3) is 5.91 Å². The number of aliphatic hydroxyl groups is 2. The number of aromatic nitrogens is 3. The van der Waals surface area contributed by atoms with Gasteiger partial charge in [-0.05, 0) is 56.0 Å². The van der Waals surface area contributed by atoms with Crippen molar-refractivity contribution in [3.05, 3.63) is 52.3 Å². The lowest BCUT2D eigenvalue weighted by Gasteiger charge is -2.40. The molecule has 0 amide bonds. The fourth-order valence-corrected chi connectivity index (χ4v) is 7.58. The van der Waals surface area contributed by atoms with E-state index in [2.05, 4.69) is 31.6 Å². The molecule has 2 fully saturated rings. The van der Waals surface area contributed by atoms with Gasteiger partial charge < -0.3 is 20.8 Å². The van der Waals surface area contributed by atoms with Crippen LogP contribution in [0.15, 0.2) is 30.6 Å². The minimum Gasteiger partial charge on any atom is -0.367 e. The third kappa shape index (κ3) is 6.51. The largest absolute Gasteiger partial charge is 0.393 e. The molecule has 240 valence electrons. The van der Waals surface area contributed by atoms with Crippen molar-refractivity contribution >= 4 is 38.3 Å². The van der Waals surface area contributed by atoms with Gasteiger partial charge in [-0.15, -0.1) is 11.3 Å². The Morgan fingerprint density at radius 3 is 2.53 bits per heavy atom. The predicted octanol–water partition coefficient (Wildman–Crippen LogP) is 3.90. The number of piperazine rings is 1. The summed E-state index contributed by atoms with van der Waals surface area (Å²) in [5.41, 5.74) is 2.88. The van der Waals surface area contributed by atoms with Crippen LogP contribution in [-0.2, 0) is 18.9 Å². The number of benzene rings is 1. The van der Waals surface area contributed by atoms with E-state index in [1.165, 1.54) is 17.0 Å². The summed E-state index contributed by atoms with van der Waals surface area (Å²) in [4.78, 5) is 13.6. The monoisotopic (exact) mass is 642 g/mol. The number of anilines is 1. The van der Waals surface area contributed by atoms with Gasteiger partial charge in [-0.2, -0.15) is 18.4 Å². The van der Waals surface area contributed by atoms with E-state index >= 15 is 0 Å². The van der Waals surface area contributed by atoms with Crippen LogP contribution in [0.3, 0.4) is 0 Å². The number of fused-ring (bicyclic) bond motifs is 2. The molecule has 5 heterocycles. The van der Waals surface area contributed by atoms with E-state index in [9.17, 15) is 28.6 Å². The summed E-state index contributed by atoms with van der Waals surface area (Å²) in [6.45, 7) is 8.99. The van der Waals surface area contributed by atoms with E-state index < -0.39 is 24.6 Å². The molecule has 1 unspecified atom stereocenters. The highest BCUT2D eigenvalue weighted by Gasteiger charge is 2.40. The molecule has 0 bridgehead atoms. The van der Waals surface area contributed by atoms with Gasteiger partial charge in [0.1, 0.15) is 28.7 Å². The van der Waals surface area contributed by atoms with Gasteiger partial charge >= 0.3 is 6.18 Å². The van der Waals surface area contributed by atoms with Crippen LogP contribution < -0.4 is 10.6 Å². The minimum absolute atomic E-state index is 0.126. The molecule has 4 aromatic rings. The summed E-state index contributed by atoms with van der Waals surface area (Å²) in [5, 5.41) is 40.9. The Kier molecular flexibility index (Phi) is 8.77. The maximum Gasteiger partial charge on any atom is 0.393 e. The van der Waals surface area contributed by atoms with Crippen molar-refractivity contribution in [1.29, 1.82) is 5.26 Å². The van der Waals surface area contributed by atoms with Gasteiger partial charge in [0.15, 0.2) is 0 Å². The third-order valence-electron chi connectivity index (χ3n) is 9.15. The normalized spacial score (nSPS) is 18.4. The van der Waals surface area contributed by atoms with Crippen LogP contribution in [0, 0.1) is 18.3 Å². The predicted molar refractivity (Wildman–Crippen MR) is 167 cm³/mol. The number of nitrogens with one attached hydrogen (secondary N) is 2. The molecular weight excluding hydrogens is 605 g/mol. The van der Waals surface area contributed by atoms with E-state index in [-0.39, 0.29) is 16.6 Å². The molecular formula is C31H37F3N8O2S. The smallest absolute Gasteiger partial charge is 0.367 e. The number of nitrogens with zero attached hydrogens (tertiary/aromatic N) is 6. The maximum atomic E-state index is 12.9. The summed E-state index contributed by atoms with van der Waals surface area (Å²) >= 11 is 1.05. The molecule has 0 aliphatic carbocycles. The van der Waals surface area contributed by atoms with Crippen molar-refractivity contribution in [2.75, 3.05) is 44.6 Å². The highest BCUT2D eigenvalue weighted by atomic mass is 32.1. The number of piperidine rings is 1. The summed E-state index contributed by atoms with van der Waals surface area (Å²) in [6, 6.07) is 8.80. The Hall–Kier alpha value is -3.32. The van der Waals surface area contributed by atoms with Crippen LogP contribution in [0.1, 0.15) is 41.5 Å². The molecule has 14 heteroatoms. The molecule has 3 aromatic heterocycles. The van der Waals surface area contributed by atoms with Crippen molar-refractivity contribution in [3.63, 3.8) is 0 Å². The first-order chi connectivity index (χ1) is 21.4. The Bertz CT molecular complexity index is 1720. The number of thiophene rings is 1. The topological polar surface area (TPSA) is 126 Å². The second kappa shape index (κ2) is 12.5. The van der Waals surface area contributed by atoms with E-state index in [0.717, 1.165) is 66.9 Å². The summed E-state index contributed by atoms with van der Waals surface area (Å²) in [6.07, 6.45) is -2.19. The summed E-state index contributed by atoms with van der Waals surface area (Å²) in [7, 11) is 0. The summed E-state index contributed by atoms with van der Waals surface area (Å²) in [5.74, 6) is -1.71. The highest BCUT2D eigenvalue weighted by molar-refractivity contribution is 7.18. The van der Waals surface area contributed by atoms with Gasteiger partial charge in [-0.3, -0.25) is 14.4 Å². The van der Waals surface area contributed by atoms with Crippen molar-refractivity contribution < 1.29 is 23.4 Å². The zero-order valence-electron chi connectivity index (χ0n) is 25.2. The first-order valence-electron chi connectivity index (χ1n) is 15.2. The van der Waals surface area contributed by atoms with Crippen molar-refractivity contribution in [3.8, 4) is 6.07 Å². The number of hydrogen-bond donors (Lipinski definition) is 4. The van der Waals surface area contributed by atoms with E-state index in [1.54, 1.807) is 13.0 Å². The lowest BCUT2D eigenvalue weighted by Crippen LogP contribution is -2.57. The van der Waals surface area contributed by atoms with Crippen LogP contribution in [-0.4, -0.2) is 92.1 Å². The van der Waals surface area contributed by atoms with Crippen molar-refractivity contribution in [2.24, 2.45) is 0 Å². The first kappa shape index (κ1) is 31.7. The Labute approximate surface area is 263 Å². The standard InChI is InChI=1S/C31H37F3N8O2S/c1-19-21(3-4-27-25(19)13-23(16-35)42(27)31(43,44)20(2)41-11-7-36-8-12-41)17-40-9-5-22(6-10-40)39-28-26-14-24(15-30(32,33)34)45-29(26)38-18-37-28/h3-4,13-14,18,20,22,36,43-44H,5-12,15,17H2,1-2H3,(H,37,38,39). The molecule has 0 radical (unpaired) electrons. The number of rotatable bonds is 8. The second-order valence-electron chi connectivity index (χ2n) is 12.0. The number of hydrogen-bond acceptors (Lipinski definition) is 10. The first-order valence-corrected chi connectivity index (χ1v) is 16.0. The van der Waals surface area contributed by atoms with Crippen molar-refractivity contribution in [2.45, 2.75) is 63.8 Å². The van der Waals surface area contributed by atoms with E-state index in [1.807, 2.05) is 24.0 Å². The molecule has 6 rings (SSSR count). The van der Waals surface area contributed by atoms with Gasteiger partial charge in [-0.25, -0.2) is 9.97 Å². The average Bonchev–Trinajstić information content (AvgIpc) is 3.61. The van der Waals surface area contributed by atoms with E-state index in [4.69, 9.17) is 0 Å². The second-order valence-corrected chi connectivity index (χ2v) is 13.2. The molecule has 2 aliphatic heterocycles. The third-order valence-corrected chi connectivity index (χ3v) is 10.2.